The molecule has 0 spiro atoms. The predicted octanol–water partition coefficient (Wildman–Crippen LogP) is 2.33. The molecule has 1 aliphatic heterocycles. The highest BCUT2D eigenvalue weighted by Crippen LogP contribution is 2.24. The van der Waals surface area contributed by atoms with E-state index < -0.39 is 0 Å². The first-order valence-corrected chi connectivity index (χ1v) is 6.97. The molecule has 1 N–H and O–H groups in total. The molecule has 104 valence electrons. The lowest BCUT2D eigenvalue weighted by atomic mass is 10.1. The Morgan fingerprint density at radius 3 is 2.80 bits per heavy atom. The van der Waals surface area contributed by atoms with Crippen molar-refractivity contribution in [2.24, 2.45) is 0 Å². The van der Waals surface area contributed by atoms with Gasteiger partial charge in [-0.3, -0.25) is 0 Å². The van der Waals surface area contributed by atoms with Crippen LogP contribution in [0.15, 0.2) is 30.5 Å². The molecule has 1 unspecified atom stereocenters. The second-order valence-corrected chi connectivity index (χ2v) is 5.45. The van der Waals surface area contributed by atoms with E-state index in [-0.39, 0.29) is 6.10 Å². The Kier molecular flexibility index (Phi) is 3.40. The van der Waals surface area contributed by atoms with Gasteiger partial charge in [-0.1, -0.05) is 23.8 Å². The van der Waals surface area contributed by atoms with Gasteiger partial charge in [0.1, 0.15) is 5.82 Å². The smallest absolute Gasteiger partial charge is 0.161 e. The van der Waals surface area contributed by atoms with Gasteiger partial charge in [0.15, 0.2) is 5.82 Å². The lowest BCUT2D eigenvalue weighted by molar-refractivity contribution is 0.198. The molecule has 0 aliphatic carbocycles. The van der Waals surface area contributed by atoms with Crippen LogP contribution < -0.4 is 4.90 Å². The number of benzene rings is 1. The molecule has 3 rings (SSSR count). The Labute approximate surface area is 119 Å². The predicted molar refractivity (Wildman–Crippen MR) is 79.8 cm³/mol. The van der Waals surface area contributed by atoms with Gasteiger partial charge in [-0.15, -0.1) is 0 Å². The first kappa shape index (κ1) is 13.1. The Morgan fingerprint density at radius 2 is 2.10 bits per heavy atom. The lowest BCUT2D eigenvalue weighted by Gasteiger charge is -2.17. The van der Waals surface area contributed by atoms with Gasteiger partial charge in [0.05, 0.1) is 6.10 Å². The van der Waals surface area contributed by atoms with Crippen molar-refractivity contribution in [3.8, 4) is 11.4 Å². The van der Waals surface area contributed by atoms with Crippen LogP contribution in [0.25, 0.3) is 11.4 Å². The fourth-order valence-electron chi connectivity index (χ4n) is 2.67. The maximum Gasteiger partial charge on any atom is 0.161 e. The molecule has 2 aromatic rings. The van der Waals surface area contributed by atoms with Crippen molar-refractivity contribution in [2.75, 3.05) is 18.0 Å². The summed E-state index contributed by atoms with van der Waals surface area (Å²) in [5.74, 6) is 1.65. The molecule has 1 aliphatic rings. The topological polar surface area (TPSA) is 49.2 Å². The van der Waals surface area contributed by atoms with E-state index in [1.54, 1.807) is 6.20 Å². The first-order valence-electron chi connectivity index (χ1n) is 6.97. The minimum atomic E-state index is -0.241. The SMILES string of the molecule is Cc1ccc(-c2nccc(N3CCC(O)C3)n2)c(C)c1. The van der Waals surface area contributed by atoms with Crippen LogP contribution in [0, 0.1) is 13.8 Å². The first-order chi connectivity index (χ1) is 9.63. The van der Waals surface area contributed by atoms with Gasteiger partial charge in [-0.2, -0.15) is 0 Å². The maximum atomic E-state index is 9.64. The highest BCUT2D eigenvalue weighted by molar-refractivity contribution is 5.62. The number of hydrogen-bond donors (Lipinski definition) is 1. The van der Waals surface area contributed by atoms with Gasteiger partial charge in [0.2, 0.25) is 0 Å². The van der Waals surface area contributed by atoms with Crippen molar-refractivity contribution in [2.45, 2.75) is 26.4 Å². The molecule has 20 heavy (non-hydrogen) atoms. The van der Waals surface area contributed by atoms with Crippen LogP contribution in [-0.4, -0.2) is 34.3 Å². The van der Waals surface area contributed by atoms with Crippen molar-refractivity contribution >= 4 is 5.82 Å². The number of hydrogen-bond acceptors (Lipinski definition) is 4. The number of anilines is 1. The zero-order chi connectivity index (χ0) is 14.1. The summed E-state index contributed by atoms with van der Waals surface area (Å²) in [6.45, 7) is 5.67. The summed E-state index contributed by atoms with van der Waals surface area (Å²) < 4.78 is 0. The zero-order valence-corrected chi connectivity index (χ0v) is 11.9. The quantitative estimate of drug-likeness (QED) is 0.909. The monoisotopic (exact) mass is 269 g/mol. The number of β-amino-alcohol motifs (C(OH)–C–C–N with tert-alkyl or cyclic N) is 1. The molecule has 0 bridgehead atoms. The Morgan fingerprint density at radius 1 is 1.25 bits per heavy atom. The van der Waals surface area contributed by atoms with E-state index in [2.05, 4.69) is 46.9 Å². The van der Waals surface area contributed by atoms with Crippen LogP contribution in [0.2, 0.25) is 0 Å². The van der Waals surface area contributed by atoms with Crippen LogP contribution >= 0.6 is 0 Å². The molecule has 0 saturated carbocycles. The summed E-state index contributed by atoms with van der Waals surface area (Å²) in [7, 11) is 0. The molecule has 4 nitrogen and oxygen atoms in total. The van der Waals surface area contributed by atoms with E-state index in [0.29, 0.717) is 6.54 Å². The third-order valence-corrected chi connectivity index (χ3v) is 3.75. The normalized spacial score (nSPS) is 18.6. The maximum absolute atomic E-state index is 9.64. The summed E-state index contributed by atoms with van der Waals surface area (Å²) in [5, 5.41) is 9.64. The van der Waals surface area contributed by atoms with Crippen LogP contribution in [-0.2, 0) is 0 Å². The Balaban J connectivity index is 1.95. The summed E-state index contributed by atoms with van der Waals surface area (Å²) in [6, 6.07) is 8.20. The van der Waals surface area contributed by atoms with Crippen LogP contribution in [0.3, 0.4) is 0 Å². The molecule has 1 fully saturated rings. The van der Waals surface area contributed by atoms with Crippen LogP contribution in [0.1, 0.15) is 17.5 Å². The Bertz CT molecular complexity index is 627. The zero-order valence-electron chi connectivity index (χ0n) is 11.9. The van der Waals surface area contributed by atoms with E-state index >= 15 is 0 Å². The molecular formula is C16H19N3O. The number of rotatable bonds is 2. The third kappa shape index (κ3) is 2.51. The number of aliphatic hydroxyl groups excluding tert-OH is 1. The van der Waals surface area contributed by atoms with E-state index in [0.717, 1.165) is 30.2 Å². The summed E-state index contributed by atoms with van der Waals surface area (Å²) in [6.07, 6.45) is 2.36. The Hall–Kier alpha value is -1.94. The molecule has 1 saturated heterocycles. The van der Waals surface area contributed by atoms with E-state index in [1.165, 1.54) is 11.1 Å². The largest absolute Gasteiger partial charge is 0.391 e. The molecule has 1 aromatic heterocycles. The summed E-state index contributed by atoms with van der Waals surface area (Å²) in [4.78, 5) is 11.2. The van der Waals surface area contributed by atoms with Crippen molar-refractivity contribution in [3.05, 3.63) is 41.6 Å². The van der Waals surface area contributed by atoms with Crippen molar-refractivity contribution in [3.63, 3.8) is 0 Å². The second-order valence-electron chi connectivity index (χ2n) is 5.45. The lowest BCUT2D eigenvalue weighted by Crippen LogP contribution is -2.22. The van der Waals surface area contributed by atoms with Gasteiger partial charge >= 0.3 is 0 Å². The summed E-state index contributed by atoms with van der Waals surface area (Å²) in [5.41, 5.74) is 3.49. The average Bonchev–Trinajstić information content (AvgIpc) is 2.86. The van der Waals surface area contributed by atoms with Gasteiger partial charge < -0.3 is 10.0 Å². The van der Waals surface area contributed by atoms with Crippen molar-refractivity contribution < 1.29 is 5.11 Å². The minimum Gasteiger partial charge on any atom is -0.391 e. The third-order valence-electron chi connectivity index (χ3n) is 3.75. The van der Waals surface area contributed by atoms with Gasteiger partial charge in [0, 0.05) is 24.8 Å². The highest BCUT2D eigenvalue weighted by atomic mass is 16.3. The fraction of sp³-hybridized carbons (Fsp3) is 0.375. The van der Waals surface area contributed by atoms with Crippen LogP contribution in [0.5, 0.6) is 0 Å². The molecule has 0 amide bonds. The molecule has 4 heteroatoms. The van der Waals surface area contributed by atoms with Gasteiger partial charge in [0.25, 0.3) is 0 Å². The number of aryl methyl sites for hydroxylation is 2. The molecule has 2 heterocycles. The van der Waals surface area contributed by atoms with Gasteiger partial charge in [-0.05, 0) is 31.9 Å². The van der Waals surface area contributed by atoms with E-state index in [4.69, 9.17) is 0 Å². The van der Waals surface area contributed by atoms with Gasteiger partial charge in [-0.25, -0.2) is 9.97 Å². The van der Waals surface area contributed by atoms with Crippen molar-refractivity contribution in [1.82, 2.24) is 9.97 Å². The fourth-order valence-corrected chi connectivity index (χ4v) is 2.67. The summed E-state index contributed by atoms with van der Waals surface area (Å²) >= 11 is 0. The standard InChI is InChI=1S/C16H19N3O/c1-11-3-4-14(12(2)9-11)16-17-7-5-15(18-16)19-8-6-13(20)10-19/h3-5,7,9,13,20H,6,8,10H2,1-2H3. The molecule has 1 aromatic carbocycles. The number of aromatic nitrogens is 2. The van der Waals surface area contributed by atoms with Crippen LogP contribution in [0.4, 0.5) is 5.82 Å². The minimum absolute atomic E-state index is 0.241. The average molecular weight is 269 g/mol. The highest BCUT2D eigenvalue weighted by Gasteiger charge is 2.21. The van der Waals surface area contributed by atoms with Crippen molar-refractivity contribution in [1.29, 1.82) is 0 Å². The van der Waals surface area contributed by atoms with E-state index in [9.17, 15) is 5.11 Å². The molecule has 1 atom stereocenters. The second kappa shape index (κ2) is 5.21. The number of nitrogens with zero attached hydrogens (tertiary/aromatic N) is 3. The number of aliphatic hydroxyl groups is 1. The molecular weight excluding hydrogens is 250 g/mol. The molecule has 0 radical (unpaired) electrons. The van der Waals surface area contributed by atoms with E-state index in [1.807, 2.05) is 6.07 Å².